The lowest BCUT2D eigenvalue weighted by atomic mass is 10.3. The SMILES string of the molecule is COCCn1c(CCCO)nc2ccc(Cl)cc21. The van der Waals surface area contributed by atoms with E-state index in [0.29, 0.717) is 18.1 Å². The lowest BCUT2D eigenvalue weighted by molar-refractivity contribution is 0.187. The van der Waals surface area contributed by atoms with Crippen LogP contribution in [0, 0.1) is 0 Å². The third-order valence-electron chi connectivity index (χ3n) is 2.87. The van der Waals surface area contributed by atoms with Crippen molar-refractivity contribution in [1.82, 2.24) is 9.55 Å². The first kappa shape index (κ1) is 13.3. The molecule has 0 amide bonds. The predicted molar refractivity (Wildman–Crippen MR) is 72.0 cm³/mol. The Morgan fingerprint density at radius 1 is 1.44 bits per heavy atom. The molecule has 2 aromatic rings. The fraction of sp³-hybridized carbons (Fsp3) is 0.462. The first-order chi connectivity index (χ1) is 8.76. The lowest BCUT2D eigenvalue weighted by Gasteiger charge is -2.08. The zero-order valence-corrected chi connectivity index (χ0v) is 11.2. The summed E-state index contributed by atoms with van der Waals surface area (Å²) in [4.78, 5) is 4.58. The maximum Gasteiger partial charge on any atom is 0.110 e. The molecular weight excluding hydrogens is 252 g/mol. The Bertz CT molecular complexity index is 525. The van der Waals surface area contributed by atoms with E-state index in [9.17, 15) is 0 Å². The molecule has 4 nitrogen and oxygen atoms in total. The van der Waals surface area contributed by atoms with Crippen molar-refractivity contribution in [2.45, 2.75) is 19.4 Å². The molecular formula is C13H17ClN2O2. The third-order valence-corrected chi connectivity index (χ3v) is 3.10. The van der Waals surface area contributed by atoms with Crippen LogP contribution in [0.15, 0.2) is 18.2 Å². The molecule has 5 heteroatoms. The summed E-state index contributed by atoms with van der Waals surface area (Å²) < 4.78 is 7.23. The van der Waals surface area contributed by atoms with Crippen molar-refractivity contribution in [3.8, 4) is 0 Å². The Morgan fingerprint density at radius 3 is 3.00 bits per heavy atom. The van der Waals surface area contributed by atoms with Gasteiger partial charge >= 0.3 is 0 Å². The molecule has 0 aliphatic carbocycles. The summed E-state index contributed by atoms with van der Waals surface area (Å²) >= 11 is 6.03. The molecule has 0 radical (unpaired) electrons. The highest BCUT2D eigenvalue weighted by Gasteiger charge is 2.10. The molecule has 2 rings (SSSR count). The maximum absolute atomic E-state index is 8.93. The van der Waals surface area contributed by atoms with Crippen LogP contribution in [0.1, 0.15) is 12.2 Å². The van der Waals surface area contributed by atoms with Gasteiger partial charge in [0.1, 0.15) is 5.82 Å². The van der Waals surface area contributed by atoms with Crippen molar-refractivity contribution < 1.29 is 9.84 Å². The van der Waals surface area contributed by atoms with E-state index in [1.165, 1.54) is 0 Å². The van der Waals surface area contributed by atoms with Gasteiger partial charge < -0.3 is 14.4 Å². The molecule has 0 fully saturated rings. The van der Waals surface area contributed by atoms with Gasteiger partial charge in [-0.15, -0.1) is 0 Å². The number of hydrogen-bond donors (Lipinski definition) is 1. The second kappa shape index (κ2) is 6.18. The van der Waals surface area contributed by atoms with Gasteiger partial charge in [0.15, 0.2) is 0 Å². The van der Waals surface area contributed by atoms with Gasteiger partial charge in [-0.2, -0.15) is 0 Å². The van der Waals surface area contributed by atoms with Gasteiger partial charge in [0.25, 0.3) is 0 Å². The van der Waals surface area contributed by atoms with Gasteiger partial charge in [0.05, 0.1) is 17.6 Å². The van der Waals surface area contributed by atoms with Crippen LogP contribution in [0.25, 0.3) is 11.0 Å². The van der Waals surface area contributed by atoms with Gasteiger partial charge in [-0.25, -0.2) is 4.98 Å². The topological polar surface area (TPSA) is 47.3 Å². The minimum atomic E-state index is 0.175. The molecule has 1 aromatic carbocycles. The van der Waals surface area contributed by atoms with E-state index in [1.807, 2.05) is 18.2 Å². The van der Waals surface area contributed by atoms with Gasteiger partial charge in [-0.05, 0) is 24.6 Å². The number of aliphatic hydroxyl groups excluding tert-OH is 1. The Morgan fingerprint density at radius 2 is 2.28 bits per heavy atom. The highest BCUT2D eigenvalue weighted by Crippen LogP contribution is 2.21. The van der Waals surface area contributed by atoms with E-state index in [0.717, 1.165) is 29.8 Å². The number of benzene rings is 1. The van der Waals surface area contributed by atoms with E-state index in [4.69, 9.17) is 21.4 Å². The zero-order valence-electron chi connectivity index (χ0n) is 10.4. The van der Waals surface area contributed by atoms with Crippen molar-refractivity contribution in [3.63, 3.8) is 0 Å². The molecule has 0 bridgehead atoms. The fourth-order valence-electron chi connectivity index (χ4n) is 2.01. The van der Waals surface area contributed by atoms with Crippen molar-refractivity contribution in [2.24, 2.45) is 0 Å². The van der Waals surface area contributed by atoms with Gasteiger partial charge in [-0.1, -0.05) is 11.6 Å². The van der Waals surface area contributed by atoms with E-state index in [-0.39, 0.29) is 6.61 Å². The molecule has 0 saturated heterocycles. The highest BCUT2D eigenvalue weighted by atomic mass is 35.5. The van der Waals surface area contributed by atoms with Crippen LogP contribution < -0.4 is 0 Å². The van der Waals surface area contributed by atoms with Crippen molar-refractivity contribution in [3.05, 3.63) is 29.0 Å². The quantitative estimate of drug-likeness (QED) is 0.874. The zero-order chi connectivity index (χ0) is 13.0. The maximum atomic E-state index is 8.93. The lowest BCUT2D eigenvalue weighted by Crippen LogP contribution is -2.09. The number of nitrogens with zero attached hydrogens (tertiary/aromatic N) is 2. The molecule has 0 saturated carbocycles. The highest BCUT2D eigenvalue weighted by molar-refractivity contribution is 6.31. The minimum Gasteiger partial charge on any atom is -0.396 e. The number of aryl methyl sites for hydroxylation is 1. The number of rotatable bonds is 6. The van der Waals surface area contributed by atoms with Crippen LogP contribution >= 0.6 is 11.6 Å². The van der Waals surface area contributed by atoms with Crippen molar-refractivity contribution in [1.29, 1.82) is 0 Å². The second-order valence-electron chi connectivity index (χ2n) is 4.13. The molecule has 1 N–H and O–H groups in total. The molecule has 0 aliphatic heterocycles. The molecule has 1 aromatic heterocycles. The van der Waals surface area contributed by atoms with Crippen LogP contribution in [0.2, 0.25) is 5.02 Å². The number of aliphatic hydroxyl groups is 1. The van der Waals surface area contributed by atoms with Crippen LogP contribution in [0.3, 0.4) is 0 Å². The summed E-state index contributed by atoms with van der Waals surface area (Å²) in [5.41, 5.74) is 1.95. The van der Waals surface area contributed by atoms with Crippen LogP contribution in [0.5, 0.6) is 0 Å². The number of imidazole rings is 1. The van der Waals surface area contributed by atoms with E-state index >= 15 is 0 Å². The Hall–Kier alpha value is -1.10. The second-order valence-corrected chi connectivity index (χ2v) is 4.57. The van der Waals surface area contributed by atoms with Crippen LogP contribution in [-0.4, -0.2) is 35.0 Å². The number of methoxy groups -OCH3 is 1. The third kappa shape index (κ3) is 2.83. The monoisotopic (exact) mass is 268 g/mol. The molecule has 0 aliphatic rings. The predicted octanol–water partition coefficient (Wildman–Crippen LogP) is 2.26. The summed E-state index contributed by atoms with van der Waals surface area (Å²) in [7, 11) is 1.68. The largest absolute Gasteiger partial charge is 0.396 e. The van der Waals surface area contributed by atoms with E-state index in [1.54, 1.807) is 7.11 Å². The van der Waals surface area contributed by atoms with E-state index < -0.39 is 0 Å². The molecule has 0 unspecified atom stereocenters. The standard InChI is InChI=1S/C13H17ClN2O2/c1-18-8-6-16-12-9-10(14)4-5-11(12)15-13(16)3-2-7-17/h4-5,9,17H,2-3,6-8H2,1H3. The van der Waals surface area contributed by atoms with Crippen LogP contribution in [-0.2, 0) is 17.7 Å². The first-order valence-electron chi connectivity index (χ1n) is 6.00. The van der Waals surface area contributed by atoms with Gasteiger partial charge in [-0.3, -0.25) is 0 Å². The Labute approximate surface area is 111 Å². The summed E-state index contributed by atoms with van der Waals surface area (Å²) in [6.07, 6.45) is 1.47. The smallest absolute Gasteiger partial charge is 0.110 e. The van der Waals surface area contributed by atoms with Crippen LogP contribution in [0.4, 0.5) is 0 Å². The minimum absolute atomic E-state index is 0.175. The number of halogens is 1. The Kier molecular flexibility index (Phi) is 4.58. The number of aromatic nitrogens is 2. The normalized spacial score (nSPS) is 11.3. The molecule has 0 atom stereocenters. The molecule has 18 heavy (non-hydrogen) atoms. The Balaban J connectivity index is 2.40. The fourth-order valence-corrected chi connectivity index (χ4v) is 2.17. The van der Waals surface area contributed by atoms with E-state index in [2.05, 4.69) is 9.55 Å². The number of fused-ring (bicyclic) bond motifs is 1. The average Bonchev–Trinajstić information content (AvgIpc) is 2.71. The van der Waals surface area contributed by atoms with Crippen molar-refractivity contribution in [2.75, 3.05) is 20.3 Å². The average molecular weight is 269 g/mol. The summed E-state index contributed by atoms with van der Waals surface area (Å²) in [5, 5.41) is 9.63. The molecule has 98 valence electrons. The summed E-state index contributed by atoms with van der Waals surface area (Å²) in [6, 6.07) is 5.68. The number of hydrogen-bond acceptors (Lipinski definition) is 3. The molecule has 0 spiro atoms. The first-order valence-corrected chi connectivity index (χ1v) is 6.38. The number of ether oxygens (including phenoxy) is 1. The van der Waals surface area contributed by atoms with Gasteiger partial charge in [0, 0.05) is 31.7 Å². The summed E-state index contributed by atoms with van der Waals surface area (Å²) in [5.74, 6) is 0.971. The molecule has 1 heterocycles. The summed E-state index contributed by atoms with van der Waals surface area (Å²) in [6.45, 7) is 1.55. The van der Waals surface area contributed by atoms with Crippen molar-refractivity contribution >= 4 is 22.6 Å². The van der Waals surface area contributed by atoms with Gasteiger partial charge in [0.2, 0.25) is 0 Å².